The molecule has 0 spiro atoms. The number of anilines is 2. The van der Waals surface area contributed by atoms with Gasteiger partial charge in [0.15, 0.2) is 5.13 Å². The van der Waals surface area contributed by atoms with Gasteiger partial charge in [-0.3, -0.25) is 9.78 Å². The number of nitrogens with zero attached hydrogens (tertiary/aromatic N) is 4. The molecule has 1 unspecified atom stereocenters. The summed E-state index contributed by atoms with van der Waals surface area (Å²) in [4.78, 5) is 27.8. The summed E-state index contributed by atoms with van der Waals surface area (Å²) in [6.45, 7) is 4.56. The zero-order valence-corrected chi connectivity index (χ0v) is 17.5. The van der Waals surface area contributed by atoms with Gasteiger partial charge in [-0.1, -0.05) is 0 Å². The molecular formula is C20H25N7O2S. The number of nitrogens with one attached hydrogen (secondary N) is 3. The van der Waals surface area contributed by atoms with Crippen molar-refractivity contribution in [2.75, 3.05) is 49.6 Å². The number of hydrogen-bond acceptors (Lipinski definition) is 8. The lowest BCUT2D eigenvalue weighted by Crippen LogP contribution is -2.40. The number of aromatic nitrogens is 4. The zero-order valence-electron chi connectivity index (χ0n) is 16.6. The molecule has 0 amide bonds. The van der Waals surface area contributed by atoms with Crippen LogP contribution in [0.4, 0.5) is 11.8 Å². The maximum Gasteiger partial charge on any atom is 0.263 e. The number of H-pyrrole nitrogens is 1. The predicted molar refractivity (Wildman–Crippen MR) is 118 cm³/mol. The van der Waals surface area contributed by atoms with Crippen molar-refractivity contribution in [2.24, 2.45) is 0 Å². The summed E-state index contributed by atoms with van der Waals surface area (Å²) in [5.41, 5.74) is 0.951. The highest BCUT2D eigenvalue weighted by Crippen LogP contribution is 2.28. The van der Waals surface area contributed by atoms with Gasteiger partial charge < -0.3 is 24.8 Å². The first-order valence-electron chi connectivity index (χ1n) is 10.3. The Bertz CT molecular complexity index is 1030. The number of aromatic amines is 1. The van der Waals surface area contributed by atoms with Crippen LogP contribution in [-0.4, -0.2) is 65.0 Å². The topological polar surface area (TPSA) is 100 Å². The van der Waals surface area contributed by atoms with E-state index in [-0.39, 0.29) is 11.6 Å². The Hall–Kier alpha value is -2.69. The smallest absolute Gasteiger partial charge is 0.263 e. The second kappa shape index (κ2) is 8.58. The van der Waals surface area contributed by atoms with Crippen LogP contribution in [0, 0.1) is 0 Å². The molecule has 5 heterocycles. The molecule has 2 aliphatic rings. The van der Waals surface area contributed by atoms with E-state index >= 15 is 0 Å². The predicted octanol–water partition coefficient (Wildman–Crippen LogP) is 1.68. The molecule has 0 bridgehead atoms. The molecule has 5 rings (SSSR count). The quantitative estimate of drug-likeness (QED) is 0.570. The summed E-state index contributed by atoms with van der Waals surface area (Å²) in [6.07, 6.45) is 6.03. The molecule has 0 radical (unpaired) electrons. The summed E-state index contributed by atoms with van der Waals surface area (Å²) in [5.74, 6) is 1.18. The summed E-state index contributed by atoms with van der Waals surface area (Å²) in [5, 5.41) is 9.66. The van der Waals surface area contributed by atoms with E-state index in [4.69, 9.17) is 14.7 Å². The summed E-state index contributed by atoms with van der Waals surface area (Å²) < 4.78 is 7.38. The number of thiazole rings is 1. The first-order valence-corrected chi connectivity index (χ1v) is 11.2. The molecule has 158 valence electrons. The molecule has 2 aliphatic heterocycles. The van der Waals surface area contributed by atoms with Crippen LogP contribution in [0.1, 0.15) is 12.8 Å². The minimum Gasteiger partial charge on any atom is -0.378 e. The Morgan fingerprint density at radius 3 is 2.80 bits per heavy atom. The second-order valence-corrected chi connectivity index (χ2v) is 8.34. The Labute approximate surface area is 178 Å². The van der Waals surface area contributed by atoms with Gasteiger partial charge >= 0.3 is 0 Å². The average Bonchev–Trinajstić information content (AvgIpc) is 3.47. The fourth-order valence-electron chi connectivity index (χ4n) is 3.86. The first kappa shape index (κ1) is 19.3. The molecule has 0 saturated carbocycles. The highest BCUT2D eigenvalue weighted by molar-refractivity contribution is 7.12. The maximum absolute atomic E-state index is 13.2. The van der Waals surface area contributed by atoms with Gasteiger partial charge in [-0.15, -0.1) is 11.3 Å². The van der Waals surface area contributed by atoms with Crippen LogP contribution >= 0.6 is 11.3 Å². The Kier molecular flexibility index (Phi) is 5.52. The molecule has 2 saturated heterocycles. The van der Waals surface area contributed by atoms with Crippen LogP contribution in [0.15, 0.2) is 34.7 Å². The Morgan fingerprint density at radius 2 is 2.03 bits per heavy atom. The molecule has 2 fully saturated rings. The third kappa shape index (κ3) is 3.98. The standard InChI is InChI=1S/C20H25N7O2S/c28-18-16(15-13-30-20(23-15)27-6-1-2-7-27)17(22-14-4-3-5-21-12-14)24-19(25-18)26-8-10-29-11-9-26/h1-2,6-7,13-14,21H,3-5,8-12H2,(H2,22,24,25,28). The highest BCUT2D eigenvalue weighted by Gasteiger charge is 2.23. The lowest BCUT2D eigenvalue weighted by atomic mass is 10.1. The molecule has 3 N–H and O–H groups in total. The Morgan fingerprint density at radius 1 is 1.20 bits per heavy atom. The summed E-state index contributed by atoms with van der Waals surface area (Å²) in [6, 6.07) is 4.14. The van der Waals surface area contributed by atoms with Crippen LogP contribution in [0.2, 0.25) is 0 Å². The van der Waals surface area contributed by atoms with Gasteiger partial charge in [0, 0.05) is 43.4 Å². The number of hydrogen-bond donors (Lipinski definition) is 3. The van der Waals surface area contributed by atoms with E-state index in [1.807, 2.05) is 34.5 Å². The van der Waals surface area contributed by atoms with Crippen LogP contribution < -0.4 is 21.1 Å². The molecular weight excluding hydrogens is 402 g/mol. The van der Waals surface area contributed by atoms with Crippen molar-refractivity contribution < 1.29 is 4.74 Å². The van der Waals surface area contributed by atoms with Crippen LogP contribution in [0.3, 0.4) is 0 Å². The molecule has 10 heteroatoms. The maximum atomic E-state index is 13.2. The van der Waals surface area contributed by atoms with E-state index in [9.17, 15) is 4.79 Å². The van der Waals surface area contributed by atoms with Crippen LogP contribution in [-0.2, 0) is 4.74 Å². The first-order chi connectivity index (χ1) is 14.8. The summed E-state index contributed by atoms with van der Waals surface area (Å²) in [7, 11) is 0. The SMILES string of the molecule is O=c1[nH]c(N2CCOCC2)nc(NC2CCCNC2)c1-c1csc(-n2cccc2)n1. The van der Waals surface area contributed by atoms with Crippen molar-refractivity contribution in [3.63, 3.8) is 0 Å². The molecule has 1 atom stereocenters. The normalized spacial score (nSPS) is 19.7. The average molecular weight is 428 g/mol. The van der Waals surface area contributed by atoms with E-state index < -0.39 is 0 Å². The third-order valence-electron chi connectivity index (χ3n) is 5.43. The van der Waals surface area contributed by atoms with E-state index in [2.05, 4.69) is 20.5 Å². The van der Waals surface area contributed by atoms with Crippen molar-refractivity contribution in [1.82, 2.24) is 24.8 Å². The van der Waals surface area contributed by atoms with Crippen molar-refractivity contribution >= 4 is 23.1 Å². The van der Waals surface area contributed by atoms with Crippen LogP contribution in [0.5, 0.6) is 0 Å². The minimum atomic E-state index is -0.179. The van der Waals surface area contributed by atoms with Gasteiger partial charge in [0.2, 0.25) is 5.95 Å². The zero-order chi connectivity index (χ0) is 20.3. The van der Waals surface area contributed by atoms with E-state index in [1.54, 1.807) is 0 Å². The molecule has 3 aromatic heterocycles. The lowest BCUT2D eigenvalue weighted by molar-refractivity contribution is 0.122. The van der Waals surface area contributed by atoms with E-state index in [0.717, 1.165) is 31.1 Å². The van der Waals surface area contributed by atoms with E-state index in [0.29, 0.717) is 49.3 Å². The van der Waals surface area contributed by atoms with Gasteiger partial charge in [0.05, 0.1) is 18.9 Å². The molecule has 3 aromatic rings. The van der Waals surface area contributed by atoms with Crippen molar-refractivity contribution in [1.29, 1.82) is 0 Å². The molecule has 0 aliphatic carbocycles. The molecule has 0 aromatic carbocycles. The van der Waals surface area contributed by atoms with Gasteiger partial charge in [-0.05, 0) is 31.5 Å². The van der Waals surface area contributed by atoms with Gasteiger partial charge in [-0.2, -0.15) is 4.98 Å². The Balaban J connectivity index is 1.53. The fraction of sp³-hybridized carbons (Fsp3) is 0.450. The molecule has 30 heavy (non-hydrogen) atoms. The van der Waals surface area contributed by atoms with Gasteiger partial charge in [0.1, 0.15) is 11.4 Å². The van der Waals surface area contributed by atoms with Gasteiger partial charge in [-0.25, -0.2) is 4.98 Å². The molecule has 9 nitrogen and oxygen atoms in total. The van der Waals surface area contributed by atoms with Gasteiger partial charge in [0.25, 0.3) is 5.56 Å². The fourth-order valence-corrected chi connectivity index (χ4v) is 4.64. The monoisotopic (exact) mass is 427 g/mol. The summed E-state index contributed by atoms with van der Waals surface area (Å²) >= 11 is 1.50. The van der Waals surface area contributed by atoms with Crippen LogP contribution in [0.25, 0.3) is 16.4 Å². The van der Waals surface area contributed by atoms with Crippen molar-refractivity contribution in [3.05, 3.63) is 40.3 Å². The van der Waals surface area contributed by atoms with Crippen molar-refractivity contribution in [3.8, 4) is 16.4 Å². The number of rotatable bonds is 5. The number of ether oxygens (including phenoxy) is 1. The number of morpholine rings is 1. The highest BCUT2D eigenvalue weighted by atomic mass is 32.1. The second-order valence-electron chi connectivity index (χ2n) is 7.51. The largest absolute Gasteiger partial charge is 0.378 e. The third-order valence-corrected chi connectivity index (χ3v) is 6.28. The number of piperidine rings is 1. The van der Waals surface area contributed by atoms with E-state index in [1.165, 1.54) is 11.3 Å². The van der Waals surface area contributed by atoms with Crippen molar-refractivity contribution in [2.45, 2.75) is 18.9 Å². The minimum absolute atomic E-state index is 0.179. The lowest BCUT2D eigenvalue weighted by Gasteiger charge is -2.29.